The van der Waals surface area contributed by atoms with Crippen LogP contribution in [0.15, 0.2) is 52.0 Å². The molecule has 1 aromatic carbocycles. The molecule has 2 aliphatic rings. The van der Waals surface area contributed by atoms with Crippen LogP contribution in [0.5, 0.6) is 0 Å². The van der Waals surface area contributed by atoms with Crippen molar-refractivity contribution in [1.82, 2.24) is 10.2 Å². The molecule has 7 N–H and O–H groups in total. The lowest BCUT2D eigenvalue weighted by molar-refractivity contribution is 0.0696. The van der Waals surface area contributed by atoms with Crippen LogP contribution >= 0.6 is 0 Å². The van der Waals surface area contributed by atoms with Crippen LogP contribution in [0.3, 0.4) is 0 Å². The zero-order chi connectivity index (χ0) is 24.0. The first-order chi connectivity index (χ1) is 15.8. The SMILES string of the molecule is C/C=C\CN=C(N)NC[C@@H]1Nc2ccc(C(=O)O)cc2[C@@H]2[C@H]1CCN2C(N)=NCC=C(C)C. The molecule has 0 unspecified atom stereocenters. The maximum absolute atomic E-state index is 11.6. The van der Waals surface area contributed by atoms with E-state index < -0.39 is 5.97 Å². The number of aliphatic imine (C=N–C) groups is 2. The standard InChI is InChI=1S/C24H35N7O2/c1-4-5-10-27-23(25)29-14-20-17-9-12-31(24(26)28-11-8-15(2)3)21(17)18-13-16(22(32)33)6-7-19(18)30-20/h4-8,13,17,20-21,30H,9-12,14H2,1-3H3,(H2,26,28)(H,32,33)(H3,25,27,29)/b5-4-/t17-,20-,21-/m0/s1. The average Bonchev–Trinajstić information content (AvgIpc) is 3.23. The number of fused-ring (bicyclic) bond motifs is 3. The third-order valence-electron chi connectivity index (χ3n) is 6.07. The van der Waals surface area contributed by atoms with Crippen molar-refractivity contribution < 1.29 is 9.90 Å². The van der Waals surface area contributed by atoms with Gasteiger partial charge in [0.05, 0.1) is 24.7 Å². The number of carbonyl (C=O) groups is 1. The van der Waals surface area contributed by atoms with Crippen LogP contribution in [0.1, 0.15) is 49.2 Å². The van der Waals surface area contributed by atoms with Crippen molar-refractivity contribution in [2.45, 2.75) is 39.3 Å². The molecule has 0 bridgehead atoms. The maximum atomic E-state index is 11.6. The Bertz CT molecular complexity index is 979. The van der Waals surface area contributed by atoms with Crippen LogP contribution in [-0.4, -0.2) is 60.1 Å². The Morgan fingerprint density at radius 2 is 2.09 bits per heavy atom. The maximum Gasteiger partial charge on any atom is 0.335 e. The van der Waals surface area contributed by atoms with E-state index in [2.05, 4.69) is 25.5 Å². The number of guanidine groups is 2. The molecule has 1 saturated heterocycles. The van der Waals surface area contributed by atoms with Gasteiger partial charge < -0.3 is 32.1 Å². The molecule has 9 nitrogen and oxygen atoms in total. The van der Waals surface area contributed by atoms with E-state index in [0.717, 1.165) is 24.2 Å². The van der Waals surface area contributed by atoms with Gasteiger partial charge in [0, 0.05) is 30.7 Å². The highest BCUT2D eigenvalue weighted by Crippen LogP contribution is 2.46. The van der Waals surface area contributed by atoms with Gasteiger partial charge in [-0.2, -0.15) is 0 Å². The number of nitrogens with zero attached hydrogens (tertiary/aromatic N) is 3. The highest BCUT2D eigenvalue weighted by molar-refractivity contribution is 5.89. The third kappa shape index (κ3) is 5.85. The van der Waals surface area contributed by atoms with Crippen molar-refractivity contribution >= 4 is 23.6 Å². The van der Waals surface area contributed by atoms with Gasteiger partial charge in [-0.3, -0.25) is 0 Å². The number of likely N-dealkylation sites (tertiary alicyclic amines) is 1. The van der Waals surface area contributed by atoms with Gasteiger partial charge in [-0.05, 0) is 51.0 Å². The Kier molecular flexibility index (Phi) is 7.97. The Morgan fingerprint density at radius 3 is 2.79 bits per heavy atom. The molecule has 0 saturated carbocycles. The summed E-state index contributed by atoms with van der Waals surface area (Å²) in [6, 6.07) is 5.21. The number of nitrogens with one attached hydrogen (secondary N) is 2. The van der Waals surface area contributed by atoms with E-state index in [1.54, 1.807) is 12.1 Å². The molecular weight excluding hydrogens is 418 g/mol. The number of hydrogen-bond acceptors (Lipinski definition) is 4. The smallest absolute Gasteiger partial charge is 0.335 e. The van der Waals surface area contributed by atoms with Crippen LogP contribution in [0, 0.1) is 5.92 Å². The molecule has 33 heavy (non-hydrogen) atoms. The first kappa shape index (κ1) is 24.2. The zero-order valence-corrected chi connectivity index (χ0v) is 19.6. The van der Waals surface area contributed by atoms with Crippen LogP contribution in [0.4, 0.5) is 5.69 Å². The summed E-state index contributed by atoms with van der Waals surface area (Å²) < 4.78 is 0. The van der Waals surface area contributed by atoms with Gasteiger partial charge in [0.15, 0.2) is 11.9 Å². The molecule has 3 atom stereocenters. The largest absolute Gasteiger partial charge is 0.478 e. The summed E-state index contributed by atoms with van der Waals surface area (Å²) in [5, 5.41) is 16.3. The van der Waals surface area contributed by atoms with Crippen molar-refractivity contribution in [3.8, 4) is 0 Å². The normalized spacial score (nSPS) is 22.5. The lowest BCUT2D eigenvalue weighted by Crippen LogP contribution is -2.49. The predicted octanol–water partition coefficient (Wildman–Crippen LogP) is 2.30. The number of nitrogens with two attached hydrogens (primary N) is 2. The van der Waals surface area contributed by atoms with Crippen LogP contribution in [0.25, 0.3) is 0 Å². The number of benzene rings is 1. The van der Waals surface area contributed by atoms with Crippen molar-refractivity contribution in [3.05, 3.63) is 53.1 Å². The molecule has 0 aliphatic carbocycles. The highest BCUT2D eigenvalue weighted by Gasteiger charge is 2.45. The predicted molar refractivity (Wildman–Crippen MR) is 134 cm³/mol. The fraction of sp³-hybridized carbons (Fsp3) is 0.458. The van der Waals surface area contributed by atoms with Gasteiger partial charge in [0.2, 0.25) is 0 Å². The Labute approximate surface area is 195 Å². The lowest BCUT2D eigenvalue weighted by Gasteiger charge is -2.40. The van der Waals surface area contributed by atoms with Crippen molar-refractivity contribution in [3.63, 3.8) is 0 Å². The summed E-state index contributed by atoms with van der Waals surface area (Å²) in [5.74, 6) is 0.136. The monoisotopic (exact) mass is 453 g/mol. The average molecular weight is 454 g/mol. The first-order valence-electron chi connectivity index (χ1n) is 11.3. The minimum Gasteiger partial charge on any atom is -0.478 e. The van der Waals surface area contributed by atoms with E-state index >= 15 is 0 Å². The fourth-order valence-corrected chi connectivity index (χ4v) is 4.41. The minimum absolute atomic E-state index is 0.0657. The number of allylic oxidation sites excluding steroid dienone is 2. The number of carboxylic acid groups (broad SMARTS) is 1. The van der Waals surface area contributed by atoms with E-state index in [0.29, 0.717) is 31.6 Å². The molecule has 0 spiro atoms. The van der Waals surface area contributed by atoms with E-state index in [-0.39, 0.29) is 23.6 Å². The van der Waals surface area contributed by atoms with Crippen molar-refractivity contribution in [1.29, 1.82) is 0 Å². The third-order valence-corrected chi connectivity index (χ3v) is 6.07. The molecule has 0 amide bonds. The van der Waals surface area contributed by atoms with E-state index in [1.165, 1.54) is 5.57 Å². The molecule has 1 aromatic rings. The summed E-state index contributed by atoms with van der Waals surface area (Å²) in [4.78, 5) is 22.6. The fourth-order valence-electron chi connectivity index (χ4n) is 4.41. The van der Waals surface area contributed by atoms with Gasteiger partial charge in [-0.1, -0.05) is 23.8 Å². The number of anilines is 1. The van der Waals surface area contributed by atoms with E-state index in [4.69, 9.17) is 11.5 Å². The number of rotatable bonds is 7. The highest BCUT2D eigenvalue weighted by atomic mass is 16.4. The van der Waals surface area contributed by atoms with Crippen LogP contribution in [-0.2, 0) is 0 Å². The van der Waals surface area contributed by atoms with Crippen LogP contribution in [0.2, 0.25) is 0 Å². The second-order valence-corrected chi connectivity index (χ2v) is 8.61. The second-order valence-electron chi connectivity index (χ2n) is 8.61. The quantitative estimate of drug-likeness (QED) is 0.242. The van der Waals surface area contributed by atoms with E-state index in [9.17, 15) is 9.90 Å². The number of carboxylic acids is 1. The van der Waals surface area contributed by atoms with Crippen molar-refractivity contribution in [2.75, 3.05) is 31.5 Å². The Morgan fingerprint density at radius 1 is 1.30 bits per heavy atom. The summed E-state index contributed by atoms with van der Waals surface area (Å²) >= 11 is 0. The summed E-state index contributed by atoms with van der Waals surface area (Å²) in [6.45, 7) is 8.39. The van der Waals surface area contributed by atoms with Crippen LogP contribution < -0.4 is 22.1 Å². The lowest BCUT2D eigenvalue weighted by atomic mass is 9.82. The summed E-state index contributed by atoms with van der Waals surface area (Å²) in [6.07, 6.45) is 6.80. The zero-order valence-electron chi connectivity index (χ0n) is 19.6. The minimum atomic E-state index is -0.946. The molecule has 178 valence electrons. The number of hydrogen-bond donors (Lipinski definition) is 5. The topological polar surface area (TPSA) is 141 Å². The molecule has 2 aliphatic heterocycles. The molecule has 1 fully saturated rings. The summed E-state index contributed by atoms with van der Waals surface area (Å²) in [7, 11) is 0. The van der Waals surface area contributed by atoms with Gasteiger partial charge in [-0.25, -0.2) is 14.8 Å². The van der Waals surface area contributed by atoms with E-state index in [1.807, 2.05) is 45.1 Å². The molecular formula is C24H35N7O2. The van der Waals surface area contributed by atoms with Gasteiger partial charge in [0.1, 0.15) is 0 Å². The molecule has 3 rings (SSSR count). The Hall–Kier alpha value is -3.49. The molecule has 9 heteroatoms. The first-order valence-corrected chi connectivity index (χ1v) is 11.3. The van der Waals surface area contributed by atoms with Gasteiger partial charge in [0.25, 0.3) is 0 Å². The second kappa shape index (κ2) is 10.9. The van der Waals surface area contributed by atoms with Crippen molar-refractivity contribution in [2.24, 2.45) is 27.4 Å². The van der Waals surface area contributed by atoms with Gasteiger partial charge in [-0.15, -0.1) is 0 Å². The summed E-state index contributed by atoms with van der Waals surface area (Å²) in [5.41, 5.74) is 15.7. The van der Waals surface area contributed by atoms with Gasteiger partial charge >= 0.3 is 5.97 Å². The number of aromatic carboxylic acids is 1. The molecule has 0 radical (unpaired) electrons. The molecule has 2 heterocycles. The Balaban J connectivity index is 1.88. The molecule has 0 aromatic heterocycles.